The average molecular weight is 111 g/mol. The zero-order valence-corrected chi connectivity index (χ0v) is 5.19. The Morgan fingerprint density at radius 3 is 2.88 bits per heavy atom. The van der Waals surface area contributed by atoms with Crippen molar-refractivity contribution in [3.05, 3.63) is 13.3 Å². The molecule has 1 aliphatic rings. The number of hydrogen-bond donors (Lipinski definition) is 1. The van der Waals surface area contributed by atoms with E-state index < -0.39 is 0 Å². The fraction of sp³-hybridized carbons (Fsp3) is 0.714. The number of unbranched alkanes of at least 4 members (excludes halogenated alkanes) is 1. The zero-order chi connectivity index (χ0) is 5.82. The van der Waals surface area contributed by atoms with Crippen molar-refractivity contribution in [2.75, 3.05) is 6.54 Å². The van der Waals surface area contributed by atoms with Gasteiger partial charge in [0.2, 0.25) is 0 Å². The molecule has 1 aliphatic carbocycles. The van der Waals surface area contributed by atoms with Crippen LogP contribution in [0.3, 0.4) is 0 Å². The Kier molecular flexibility index (Phi) is 2.22. The molecule has 1 N–H and O–H groups in total. The van der Waals surface area contributed by atoms with E-state index in [1.807, 2.05) is 6.42 Å². The van der Waals surface area contributed by atoms with Gasteiger partial charge in [-0.25, -0.2) is 0 Å². The number of rotatable bonds is 4. The van der Waals surface area contributed by atoms with E-state index in [4.69, 9.17) is 0 Å². The van der Waals surface area contributed by atoms with Gasteiger partial charge in [-0.05, 0) is 12.8 Å². The first-order valence-corrected chi connectivity index (χ1v) is 3.28. The first-order valence-electron chi connectivity index (χ1n) is 3.28. The molecule has 0 aromatic heterocycles. The van der Waals surface area contributed by atoms with Gasteiger partial charge < -0.3 is 5.32 Å². The zero-order valence-electron chi connectivity index (χ0n) is 5.19. The molecule has 0 bridgehead atoms. The van der Waals surface area contributed by atoms with Crippen LogP contribution in [0.2, 0.25) is 0 Å². The Morgan fingerprint density at radius 1 is 1.62 bits per heavy atom. The van der Waals surface area contributed by atoms with E-state index >= 15 is 0 Å². The Hall–Kier alpha value is -0.170. The fourth-order valence-corrected chi connectivity index (χ4v) is 0.677. The van der Waals surface area contributed by atoms with Crippen molar-refractivity contribution in [3.63, 3.8) is 0 Å². The van der Waals surface area contributed by atoms with Gasteiger partial charge in [0.1, 0.15) is 0 Å². The third-order valence-electron chi connectivity index (χ3n) is 1.36. The Labute approximate surface area is 51.5 Å². The van der Waals surface area contributed by atoms with Gasteiger partial charge in [-0.2, -0.15) is 0 Å². The van der Waals surface area contributed by atoms with E-state index in [-0.39, 0.29) is 0 Å². The molecule has 0 heterocycles. The van der Waals surface area contributed by atoms with Crippen LogP contribution in [-0.4, -0.2) is 12.6 Å². The summed E-state index contributed by atoms with van der Waals surface area (Å²) in [5, 5.41) is 3.39. The lowest BCUT2D eigenvalue weighted by molar-refractivity contribution is 0.681. The molecule has 8 heavy (non-hydrogen) atoms. The van der Waals surface area contributed by atoms with Gasteiger partial charge in [-0.3, -0.25) is 0 Å². The maximum Gasteiger partial charge on any atom is 0.0694 e. The van der Waals surface area contributed by atoms with E-state index in [0.717, 1.165) is 19.0 Å². The first-order chi connectivity index (χ1) is 3.93. The molecule has 1 fully saturated rings. The molecule has 46 valence electrons. The second kappa shape index (κ2) is 2.98. The monoisotopic (exact) mass is 111 g/mol. The smallest absolute Gasteiger partial charge is 0.0694 e. The summed E-state index contributed by atoms with van der Waals surface area (Å²) in [6, 6.07) is 0.856. The molecule has 0 atom stereocenters. The average Bonchev–Trinajstić information content (AvgIpc) is 2.51. The SMILES string of the molecule is [CH2-][CH+]CCNC1CC1. The molecular formula is C7H13N. The second-order valence-corrected chi connectivity index (χ2v) is 2.31. The molecule has 0 spiro atoms. The van der Waals surface area contributed by atoms with Crippen LogP contribution in [0.1, 0.15) is 19.3 Å². The van der Waals surface area contributed by atoms with Gasteiger partial charge in [-0.15, -0.1) is 6.92 Å². The molecule has 0 radical (unpaired) electrons. The molecule has 0 saturated heterocycles. The van der Waals surface area contributed by atoms with Crippen LogP contribution in [0, 0.1) is 13.3 Å². The van der Waals surface area contributed by atoms with E-state index in [0.29, 0.717) is 0 Å². The van der Waals surface area contributed by atoms with Crippen LogP contribution >= 0.6 is 0 Å². The molecule has 1 nitrogen and oxygen atoms in total. The van der Waals surface area contributed by atoms with Crippen LogP contribution in [0.5, 0.6) is 0 Å². The normalized spacial score (nSPS) is 18.6. The molecule has 1 rings (SSSR count). The number of hydrogen-bond acceptors (Lipinski definition) is 1. The Balaban J connectivity index is 1.74. The third kappa shape index (κ3) is 2.22. The molecule has 1 heteroatoms. The lowest BCUT2D eigenvalue weighted by Crippen LogP contribution is -2.16. The summed E-state index contributed by atoms with van der Waals surface area (Å²) in [6.07, 6.45) is 5.83. The lowest BCUT2D eigenvalue weighted by atomic mass is 10.3. The third-order valence-corrected chi connectivity index (χ3v) is 1.36. The van der Waals surface area contributed by atoms with Gasteiger partial charge in [0, 0.05) is 12.6 Å². The predicted octanol–water partition coefficient (Wildman–Crippen LogP) is 1.17. The van der Waals surface area contributed by atoms with Gasteiger partial charge in [0.15, 0.2) is 0 Å². The molecule has 0 aromatic rings. The predicted molar refractivity (Wildman–Crippen MR) is 35.3 cm³/mol. The van der Waals surface area contributed by atoms with Gasteiger partial charge >= 0.3 is 0 Å². The summed E-state index contributed by atoms with van der Waals surface area (Å²) in [6.45, 7) is 4.76. The van der Waals surface area contributed by atoms with Crippen molar-refractivity contribution in [2.45, 2.75) is 25.3 Å². The topological polar surface area (TPSA) is 12.0 Å². The quantitative estimate of drug-likeness (QED) is 0.424. The summed E-state index contributed by atoms with van der Waals surface area (Å²) in [5.41, 5.74) is 0. The van der Waals surface area contributed by atoms with Crippen molar-refractivity contribution in [1.29, 1.82) is 0 Å². The minimum Gasteiger partial charge on any atom is -0.310 e. The van der Waals surface area contributed by atoms with Crippen LogP contribution in [-0.2, 0) is 0 Å². The molecular weight excluding hydrogens is 98.1 g/mol. The minimum atomic E-state index is 0.856. The van der Waals surface area contributed by atoms with Crippen molar-refractivity contribution < 1.29 is 0 Å². The molecule has 0 unspecified atom stereocenters. The maximum atomic E-state index is 3.64. The van der Waals surface area contributed by atoms with Gasteiger partial charge in [0.05, 0.1) is 6.42 Å². The summed E-state index contributed by atoms with van der Waals surface area (Å²) in [4.78, 5) is 0. The van der Waals surface area contributed by atoms with E-state index in [9.17, 15) is 0 Å². The summed E-state index contributed by atoms with van der Waals surface area (Å²) in [5.74, 6) is 0. The maximum absolute atomic E-state index is 3.64. The Morgan fingerprint density at radius 2 is 2.38 bits per heavy atom. The van der Waals surface area contributed by atoms with Crippen molar-refractivity contribution in [3.8, 4) is 0 Å². The van der Waals surface area contributed by atoms with Crippen LogP contribution in [0.15, 0.2) is 0 Å². The standard InChI is InChI=1S/C7H13N/c1-2-3-6-8-7-4-5-7/h2,7-8H,1,3-6H2. The highest BCUT2D eigenvalue weighted by Crippen LogP contribution is 2.18. The highest BCUT2D eigenvalue weighted by atomic mass is 14.9. The lowest BCUT2D eigenvalue weighted by Gasteiger charge is -1.95. The van der Waals surface area contributed by atoms with Crippen LogP contribution in [0.4, 0.5) is 0 Å². The van der Waals surface area contributed by atoms with E-state index in [1.54, 1.807) is 0 Å². The number of nitrogens with one attached hydrogen (secondary N) is 1. The largest absolute Gasteiger partial charge is 0.310 e. The highest BCUT2D eigenvalue weighted by molar-refractivity contribution is 4.81. The molecule has 0 aromatic carbocycles. The van der Waals surface area contributed by atoms with Crippen LogP contribution in [0.25, 0.3) is 0 Å². The molecule has 0 amide bonds. The van der Waals surface area contributed by atoms with E-state index in [1.165, 1.54) is 12.8 Å². The van der Waals surface area contributed by atoms with Gasteiger partial charge in [0.25, 0.3) is 0 Å². The summed E-state index contributed by atoms with van der Waals surface area (Å²) >= 11 is 0. The molecule has 0 aliphatic heterocycles. The first kappa shape index (κ1) is 5.96. The summed E-state index contributed by atoms with van der Waals surface area (Å²) in [7, 11) is 0. The fourth-order valence-electron chi connectivity index (χ4n) is 0.677. The van der Waals surface area contributed by atoms with Crippen molar-refractivity contribution >= 4 is 0 Å². The van der Waals surface area contributed by atoms with E-state index in [2.05, 4.69) is 12.2 Å². The highest BCUT2D eigenvalue weighted by Gasteiger charge is 2.19. The van der Waals surface area contributed by atoms with Crippen molar-refractivity contribution in [1.82, 2.24) is 5.32 Å². The Bertz CT molecular complexity index is 57.4. The van der Waals surface area contributed by atoms with Gasteiger partial charge in [-0.1, -0.05) is 6.42 Å². The second-order valence-electron chi connectivity index (χ2n) is 2.31. The molecule has 1 saturated carbocycles. The summed E-state index contributed by atoms with van der Waals surface area (Å²) < 4.78 is 0. The minimum absolute atomic E-state index is 0.856. The van der Waals surface area contributed by atoms with Crippen molar-refractivity contribution in [2.24, 2.45) is 0 Å². The van der Waals surface area contributed by atoms with Crippen LogP contribution < -0.4 is 5.32 Å².